The molecule has 0 bridgehead atoms. The molecule has 2 heterocycles. The zero-order valence-electron chi connectivity index (χ0n) is 17.2. The minimum absolute atomic E-state index is 0.247. The highest BCUT2D eigenvalue weighted by molar-refractivity contribution is 9.10. The molecule has 7 nitrogen and oxygen atoms in total. The lowest BCUT2D eigenvalue weighted by Gasteiger charge is -2.17. The van der Waals surface area contributed by atoms with Gasteiger partial charge in [-0.3, -0.25) is 14.4 Å². The Morgan fingerprint density at radius 3 is 2.74 bits per heavy atom. The number of nitrogens with zero attached hydrogens (tertiary/aromatic N) is 1. The third kappa shape index (κ3) is 4.07. The van der Waals surface area contributed by atoms with Gasteiger partial charge in [-0.05, 0) is 50.1 Å². The number of halogens is 1. The molecule has 4 rings (SSSR count). The molecule has 1 aromatic heterocycles. The number of aromatic nitrogens is 1. The molecular formula is C23H23BrN4O3. The molecule has 0 radical (unpaired) electrons. The first-order chi connectivity index (χ1) is 14.9. The summed E-state index contributed by atoms with van der Waals surface area (Å²) in [6.07, 6.45) is 2.49. The van der Waals surface area contributed by atoms with Gasteiger partial charge in [-0.25, -0.2) is 0 Å². The van der Waals surface area contributed by atoms with Gasteiger partial charge in [0.2, 0.25) is 0 Å². The summed E-state index contributed by atoms with van der Waals surface area (Å²) in [6, 6.07) is 12.3. The Kier molecular flexibility index (Phi) is 5.82. The van der Waals surface area contributed by atoms with E-state index >= 15 is 0 Å². The molecule has 0 spiro atoms. The van der Waals surface area contributed by atoms with Crippen molar-refractivity contribution in [1.82, 2.24) is 15.6 Å². The second kappa shape index (κ2) is 8.55. The average Bonchev–Trinajstić information content (AvgIpc) is 3.26. The van der Waals surface area contributed by atoms with E-state index in [9.17, 15) is 14.4 Å². The highest BCUT2D eigenvalue weighted by Gasteiger charge is 2.38. The molecule has 0 unspecified atom stereocenters. The number of rotatable bonds is 5. The maximum Gasteiger partial charge on any atom is 0.310 e. The van der Waals surface area contributed by atoms with E-state index in [1.807, 2.05) is 56.4 Å². The Morgan fingerprint density at radius 2 is 1.97 bits per heavy atom. The number of para-hydroxylation sites is 1. The summed E-state index contributed by atoms with van der Waals surface area (Å²) < 4.78 is 0.799. The summed E-state index contributed by atoms with van der Waals surface area (Å²) in [4.78, 5) is 42.7. The number of likely N-dealkylation sites (N-methyl/N-ethyl adjacent to an activating group) is 1. The molecule has 3 amide bonds. The van der Waals surface area contributed by atoms with Gasteiger partial charge in [0.05, 0.1) is 0 Å². The smallest absolute Gasteiger partial charge is 0.310 e. The predicted molar refractivity (Wildman–Crippen MR) is 123 cm³/mol. The molecule has 3 aromatic rings. The number of aromatic amines is 1. The first-order valence-electron chi connectivity index (χ1n) is 10.2. The van der Waals surface area contributed by atoms with E-state index in [-0.39, 0.29) is 11.9 Å². The molecular weight excluding hydrogens is 460 g/mol. The number of hydrogen-bond acceptors (Lipinski definition) is 3. The molecule has 0 aliphatic carbocycles. The van der Waals surface area contributed by atoms with Gasteiger partial charge < -0.3 is 20.5 Å². The van der Waals surface area contributed by atoms with Crippen molar-refractivity contribution in [3.8, 4) is 0 Å². The van der Waals surface area contributed by atoms with Crippen molar-refractivity contribution in [3.05, 3.63) is 64.3 Å². The molecule has 160 valence electrons. The molecule has 8 heteroatoms. The number of nitrogens with one attached hydrogen (secondary N) is 3. The summed E-state index contributed by atoms with van der Waals surface area (Å²) in [5.41, 5.74) is 3.51. The summed E-state index contributed by atoms with van der Waals surface area (Å²) in [5.74, 6) is -1.83. The highest BCUT2D eigenvalue weighted by Crippen LogP contribution is 2.37. The zero-order chi connectivity index (χ0) is 22.1. The van der Waals surface area contributed by atoms with Crippen LogP contribution in [-0.2, 0) is 20.8 Å². The molecule has 0 saturated carbocycles. The van der Waals surface area contributed by atoms with Gasteiger partial charge in [0.25, 0.3) is 5.91 Å². The number of benzene rings is 2. The Labute approximate surface area is 188 Å². The molecule has 0 fully saturated rings. The average molecular weight is 483 g/mol. The molecule has 3 N–H and O–H groups in total. The van der Waals surface area contributed by atoms with Crippen molar-refractivity contribution >= 4 is 50.2 Å². The summed E-state index contributed by atoms with van der Waals surface area (Å²) >= 11 is 3.40. The SMILES string of the molecule is CCN1C(=O)[C@H](NC(=O)C(=O)N[C@H](C)Cc2c[nH]c3ccccc23)c2cc(Br)ccc21. The Balaban J connectivity index is 1.42. The van der Waals surface area contributed by atoms with E-state index in [2.05, 4.69) is 31.5 Å². The summed E-state index contributed by atoms with van der Waals surface area (Å²) in [5, 5.41) is 6.42. The monoisotopic (exact) mass is 482 g/mol. The van der Waals surface area contributed by atoms with Crippen LogP contribution in [0.3, 0.4) is 0 Å². The van der Waals surface area contributed by atoms with E-state index in [1.54, 1.807) is 11.0 Å². The van der Waals surface area contributed by atoms with Gasteiger partial charge in [-0.2, -0.15) is 0 Å². The van der Waals surface area contributed by atoms with Crippen LogP contribution in [0.1, 0.15) is 31.0 Å². The van der Waals surface area contributed by atoms with Gasteiger partial charge in [-0.15, -0.1) is 0 Å². The third-order valence-corrected chi connectivity index (χ3v) is 5.97. The van der Waals surface area contributed by atoms with Crippen LogP contribution in [-0.4, -0.2) is 35.3 Å². The van der Waals surface area contributed by atoms with E-state index in [1.165, 1.54) is 0 Å². The second-order valence-corrected chi connectivity index (χ2v) is 8.55. The van der Waals surface area contributed by atoms with Crippen molar-refractivity contribution < 1.29 is 14.4 Å². The Morgan fingerprint density at radius 1 is 1.19 bits per heavy atom. The van der Waals surface area contributed by atoms with Gasteiger partial charge in [0, 0.05) is 45.4 Å². The van der Waals surface area contributed by atoms with E-state index < -0.39 is 17.9 Å². The zero-order valence-corrected chi connectivity index (χ0v) is 18.8. The van der Waals surface area contributed by atoms with Gasteiger partial charge in [-0.1, -0.05) is 34.1 Å². The number of amides is 3. The normalized spacial score (nSPS) is 16.3. The molecule has 31 heavy (non-hydrogen) atoms. The van der Waals surface area contributed by atoms with Crippen LogP contribution in [0, 0.1) is 0 Å². The molecule has 2 atom stereocenters. The topological polar surface area (TPSA) is 94.3 Å². The molecule has 2 aromatic carbocycles. The second-order valence-electron chi connectivity index (χ2n) is 7.63. The predicted octanol–water partition coefficient (Wildman–Crippen LogP) is 3.20. The maximum absolute atomic E-state index is 12.8. The van der Waals surface area contributed by atoms with Crippen LogP contribution in [0.2, 0.25) is 0 Å². The third-order valence-electron chi connectivity index (χ3n) is 5.48. The van der Waals surface area contributed by atoms with E-state index in [0.29, 0.717) is 18.5 Å². The minimum Gasteiger partial charge on any atom is -0.361 e. The quantitative estimate of drug-likeness (QED) is 0.487. The largest absolute Gasteiger partial charge is 0.361 e. The lowest BCUT2D eigenvalue weighted by Crippen LogP contribution is -2.47. The van der Waals surface area contributed by atoms with Crippen molar-refractivity contribution in [3.63, 3.8) is 0 Å². The van der Waals surface area contributed by atoms with E-state index in [4.69, 9.17) is 0 Å². The van der Waals surface area contributed by atoms with Crippen LogP contribution in [0.25, 0.3) is 10.9 Å². The van der Waals surface area contributed by atoms with Gasteiger partial charge in [0.15, 0.2) is 0 Å². The van der Waals surface area contributed by atoms with E-state index in [0.717, 1.165) is 26.6 Å². The van der Waals surface area contributed by atoms with Crippen LogP contribution in [0.5, 0.6) is 0 Å². The van der Waals surface area contributed by atoms with Crippen LogP contribution in [0.15, 0.2) is 53.1 Å². The van der Waals surface area contributed by atoms with Crippen molar-refractivity contribution in [2.24, 2.45) is 0 Å². The first kappa shape index (κ1) is 21.1. The summed E-state index contributed by atoms with van der Waals surface area (Å²) in [7, 11) is 0. The Hall–Kier alpha value is -3.13. The number of carbonyl (C=O) groups is 3. The number of carbonyl (C=O) groups excluding carboxylic acids is 3. The lowest BCUT2D eigenvalue weighted by atomic mass is 10.1. The number of H-pyrrole nitrogens is 1. The fraction of sp³-hybridized carbons (Fsp3) is 0.261. The molecule has 0 saturated heterocycles. The number of fused-ring (bicyclic) bond motifs is 2. The van der Waals surface area contributed by atoms with Crippen LogP contribution < -0.4 is 15.5 Å². The van der Waals surface area contributed by atoms with Crippen molar-refractivity contribution in [1.29, 1.82) is 0 Å². The van der Waals surface area contributed by atoms with Gasteiger partial charge in [0.1, 0.15) is 6.04 Å². The fourth-order valence-electron chi connectivity index (χ4n) is 4.04. The molecule has 1 aliphatic rings. The number of anilines is 1. The standard InChI is InChI=1S/C23H23BrN4O3/c1-3-28-19-9-8-15(24)11-17(19)20(23(28)31)27-22(30)21(29)26-13(2)10-14-12-25-18-7-5-4-6-16(14)18/h4-9,11-13,20,25H,3,10H2,1-2H3,(H,26,29)(H,27,30)/t13-,20-/m1/s1. The number of hydrogen-bond donors (Lipinski definition) is 3. The first-order valence-corrected chi connectivity index (χ1v) is 11.0. The summed E-state index contributed by atoms with van der Waals surface area (Å²) in [6.45, 7) is 4.19. The Bertz CT molecular complexity index is 1170. The fourth-order valence-corrected chi connectivity index (χ4v) is 4.42. The van der Waals surface area contributed by atoms with Crippen LogP contribution in [0.4, 0.5) is 5.69 Å². The van der Waals surface area contributed by atoms with Crippen molar-refractivity contribution in [2.45, 2.75) is 32.4 Å². The maximum atomic E-state index is 12.8. The highest BCUT2D eigenvalue weighted by atomic mass is 79.9. The molecule has 1 aliphatic heterocycles. The van der Waals surface area contributed by atoms with Crippen molar-refractivity contribution in [2.75, 3.05) is 11.4 Å². The lowest BCUT2D eigenvalue weighted by molar-refractivity contribution is -0.140. The minimum atomic E-state index is -0.880. The van der Waals surface area contributed by atoms with Gasteiger partial charge >= 0.3 is 11.8 Å². The van der Waals surface area contributed by atoms with Crippen LogP contribution >= 0.6 is 15.9 Å².